The van der Waals surface area contributed by atoms with Crippen molar-refractivity contribution in [2.24, 2.45) is 0 Å². The highest BCUT2D eigenvalue weighted by Crippen LogP contribution is 2.30. The van der Waals surface area contributed by atoms with Gasteiger partial charge in [-0.2, -0.15) is 0 Å². The molecular weight excluding hydrogens is 273 g/mol. The lowest BCUT2D eigenvalue weighted by Crippen LogP contribution is -2.38. The van der Waals surface area contributed by atoms with Crippen molar-refractivity contribution in [3.8, 4) is 0 Å². The van der Waals surface area contributed by atoms with Gasteiger partial charge in [0, 0.05) is 6.04 Å². The van der Waals surface area contributed by atoms with Gasteiger partial charge in [0.2, 0.25) is 0 Å². The van der Waals surface area contributed by atoms with Crippen LogP contribution in [0.3, 0.4) is 0 Å². The molecule has 0 aromatic heterocycles. The number of carbonyl (C=O) groups is 1. The fraction of sp³-hybridized carbons (Fsp3) is 0.462. The van der Waals surface area contributed by atoms with E-state index in [1.807, 2.05) is 19.9 Å². The lowest BCUT2D eigenvalue weighted by atomic mass is 10.1. The third-order valence-corrected chi connectivity index (χ3v) is 3.61. The highest BCUT2D eigenvalue weighted by Gasteiger charge is 2.20. The topological polar surface area (TPSA) is 49.3 Å². The van der Waals surface area contributed by atoms with Gasteiger partial charge in [0.25, 0.3) is 0 Å². The summed E-state index contributed by atoms with van der Waals surface area (Å²) < 4.78 is 0. The lowest BCUT2D eigenvalue weighted by Gasteiger charge is -2.21. The molecule has 1 aromatic carbocycles. The van der Waals surface area contributed by atoms with Crippen LogP contribution in [0.5, 0.6) is 0 Å². The first-order chi connectivity index (χ1) is 8.47. The number of aliphatic carboxylic acids is 1. The van der Waals surface area contributed by atoms with Crippen LogP contribution in [0.4, 0.5) is 0 Å². The number of carboxylic acids is 1. The van der Waals surface area contributed by atoms with Crippen LogP contribution in [0.25, 0.3) is 0 Å². The summed E-state index contributed by atoms with van der Waals surface area (Å²) in [7, 11) is 0. The fourth-order valence-electron chi connectivity index (χ4n) is 1.81. The van der Waals surface area contributed by atoms with Gasteiger partial charge in [0.15, 0.2) is 0 Å². The molecule has 2 unspecified atom stereocenters. The van der Waals surface area contributed by atoms with Gasteiger partial charge < -0.3 is 5.11 Å². The van der Waals surface area contributed by atoms with Crippen molar-refractivity contribution in [3.05, 3.63) is 33.8 Å². The lowest BCUT2D eigenvalue weighted by molar-refractivity contribution is -0.139. The van der Waals surface area contributed by atoms with Crippen molar-refractivity contribution < 1.29 is 9.90 Å². The van der Waals surface area contributed by atoms with E-state index in [4.69, 9.17) is 28.3 Å². The number of rotatable bonds is 6. The smallest absolute Gasteiger partial charge is 0.320 e. The van der Waals surface area contributed by atoms with Gasteiger partial charge in [0.05, 0.1) is 10.0 Å². The Balaban J connectivity index is 2.83. The maximum absolute atomic E-state index is 11.1. The van der Waals surface area contributed by atoms with Crippen molar-refractivity contribution in [3.63, 3.8) is 0 Å². The number of benzene rings is 1. The summed E-state index contributed by atoms with van der Waals surface area (Å²) in [6.45, 7) is 3.83. The predicted octanol–water partition coefficient (Wildman–Crippen LogP) is 3.90. The summed E-state index contributed by atoms with van der Waals surface area (Å²) in [5.74, 6) is -0.846. The van der Waals surface area contributed by atoms with Gasteiger partial charge in [-0.05, 0) is 25.0 Å². The van der Waals surface area contributed by atoms with Crippen LogP contribution in [0, 0.1) is 0 Å². The van der Waals surface area contributed by atoms with Gasteiger partial charge in [-0.25, -0.2) is 0 Å². The zero-order valence-corrected chi connectivity index (χ0v) is 11.9. The number of halogens is 2. The molecule has 100 valence electrons. The number of hydrogen-bond donors (Lipinski definition) is 2. The minimum absolute atomic E-state index is 0.163. The van der Waals surface area contributed by atoms with Crippen molar-refractivity contribution in [2.75, 3.05) is 0 Å². The second kappa shape index (κ2) is 6.98. The standard InChI is InChI=1S/C13H17Cl2NO2/c1-3-5-11(13(17)18)16-8(2)9-6-4-7-10(14)12(9)15/h4,6-8,11,16H,3,5H2,1-2H3,(H,17,18). The molecule has 0 spiro atoms. The Morgan fingerprint density at radius 1 is 1.44 bits per heavy atom. The summed E-state index contributed by atoms with van der Waals surface area (Å²) in [6.07, 6.45) is 1.39. The highest BCUT2D eigenvalue weighted by atomic mass is 35.5. The first-order valence-corrected chi connectivity index (χ1v) is 6.65. The normalized spacial score (nSPS) is 14.2. The molecular formula is C13H17Cl2NO2. The zero-order valence-electron chi connectivity index (χ0n) is 10.4. The van der Waals surface area contributed by atoms with E-state index in [1.54, 1.807) is 12.1 Å². The van der Waals surface area contributed by atoms with Gasteiger partial charge in [-0.15, -0.1) is 0 Å². The van der Waals surface area contributed by atoms with E-state index in [0.29, 0.717) is 16.5 Å². The molecule has 0 fully saturated rings. The van der Waals surface area contributed by atoms with Crippen molar-refractivity contribution in [1.29, 1.82) is 0 Å². The van der Waals surface area contributed by atoms with Crippen molar-refractivity contribution in [2.45, 2.75) is 38.8 Å². The van der Waals surface area contributed by atoms with Gasteiger partial charge in [-0.3, -0.25) is 10.1 Å². The first-order valence-electron chi connectivity index (χ1n) is 5.90. The molecule has 0 radical (unpaired) electrons. The highest BCUT2D eigenvalue weighted by molar-refractivity contribution is 6.42. The number of hydrogen-bond acceptors (Lipinski definition) is 2. The molecule has 2 N–H and O–H groups in total. The van der Waals surface area contributed by atoms with E-state index in [9.17, 15) is 4.79 Å². The van der Waals surface area contributed by atoms with Crippen LogP contribution in [-0.2, 0) is 4.79 Å². The minimum atomic E-state index is -0.846. The van der Waals surface area contributed by atoms with E-state index in [0.717, 1.165) is 12.0 Å². The molecule has 0 saturated carbocycles. The molecule has 2 atom stereocenters. The average Bonchev–Trinajstić information content (AvgIpc) is 2.31. The van der Waals surface area contributed by atoms with Crippen LogP contribution >= 0.6 is 23.2 Å². The maximum atomic E-state index is 11.1. The maximum Gasteiger partial charge on any atom is 0.320 e. The van der Waals surface area contributed by atoms with Gasteiger partial charge >= 0.3 is 5.97 Å². The third kappa shape index (κ3) is 3.87. The molecule has 5 heteroatoms. The van der Waals surface area contributed by atoms with Crippen LogP contribution in [-0.4, -0.2) is 17.1 Å². The molecule has 1 aromatic rings. The molecule has 1 rings (SSSR count). The van der Waals surface area contributed by atoms with E-state index in [1.165, 1.54) is 0 Å². The SMILES string of the molecule is CCCC(NC(C)c1cccc(Cl)c1Cl)C(=O)O. The Labute approximate surface area is 117 Å². The summed E-state index contributed by atoms with van der Waals surface area (Å²) in [5.41, 5.74) is 0.812. The largest absolute Gasteiger partial charge is 0.480 e. The summed E-state index contributed by atoms with van der Waals surface area (Å²) in [5, 5.41) is 13.1. The Morgan fingerprint density at radius 2 is 2.11 bits per heavy atom. The average molecular weight is 290 g/mol. The summed E-state index contributed by atoms with van der Waals surface area (Å²) >= 11 is 12.1. The number of carboxylic acid groups (broad SMARTS) is 1. The van der Waals surface area contributed by atoms with Crippen molar-refractivity contribution in [1.82, 2.24) is 5.32 Å². The Morgan fingerprint density at radius 3 is 2.67 bits per heavy atom. The van der Waals surface area contributed by atoms with E-state index >= 15 is 0 Å². The Bertz CT molecular complexity index is 423. The Hall–Kier alpha value is -0.770. The monoisotopic (exact) mass is 289 g/mol. The van der Waals surface area contributed by atoms with Crippen LogP contribution in [0.1, 0.15) is 38.3 Å². The van der Waals surface area contributed by atoms with Crippen LogP contribution < -0.4 is 5.32 Å². The second-order valence-electron chi connectivity index (χ2n) is 4.21. The molecule has 18 heavy (non-hydrogen) atoms. The second-order valence-corrected chi connectivity index (χ2v) is 5.00. The number of nitrogens with one attached hydrogen (secondary N) is 1. The first kappa shape index (κ1) is 15.3. The quantitative estimate of drug-likeness (QED) is 0.835. The van der Waals surface area contributed by atoms with Crippen LogP contribution in [0.2, 0.25) is 10.0 Å². The molecule has 3 nitrogen and oxygen atoms in total. The third-order valence-electron chi connectivity index (χ3n) is 2.77. The van der Waals surface area contributed by atoms with Gasteiger partial charge in [0.1, 0.15) is 6.04 Å². The van der Waals surface area contributed by atoms with E-state index in [-0.39, 0.29) is 6.04 Å². The summed E-state index contributed by atoms with van der Waals surface area (Å²) in [6, 6.07) is 4.62. The van der Waals surface area contributed by atoms with Gasteiger partial charge in [-0.1, -0.05) is 48.7 Å². The van der Waals surface area contributed by atoms with Crippen LogP contribution in [0.15, 0.2) is 18.2 Å². The molecule has 0 saturated heterocycles. The Kier molecular flexibility index (Phi) is 5.93. The molecule has 0 aliphatic rings. The van der Waals surface area contributed by atoms with E-state index in [2.05, 4.69) is 5.32 Å². The molecule has 0 heterocycles. The van der Waals surface area contributed by atoms with Crippen molar-refractivity contribution >= 4 is 29.2 Å². The fourth-order valence-corrected chi connectivity index (χ4v) is 2.28. The molecule has 0 aliphatic carbocycles. The molecule has 0 aliphatic heterocycles. The summed E-state index contributed by atoms with van der Waals surface area (Å²) in [4.78, 5) is 11.1. The zero-order chi connectivity index (χ0) is 13.7. The molecule has 0 amide bonds. The molecule has 0 bridgehead atoms. The van der Waals surface area contributed by atoms with E-state index < -0.39 is 12.0 Å². The predicted molar refractivity (Wildman–Crippen MR) is 74.3 cm³/mol. The minimum Gasteiger partial charge on any atom is -0.480 e.